The number of imide groups is 4. The minimum absolute atomic E-state index is 0.00640. The molecular formula is C80H102Cl6N24O18. The van der Waals surface area contributed by atoms with Crippen LogP contribution in [0.2, 0.25) is 0 Å². The summed E-state index contributed by atoms with van der Waals surface area (Å²) in [6, 6.07) is 0. The zero-order valence-electron chi connectivity index (χ0n) is 71.9. The Bertz CT molecular complexity index is 5540. The predicted molar refractivity (Wildman–Crippen MR) is 472 cm³/mol. The van der Waals surface area contributed by atoms with Crippen molar-refractivity contribution in [1.29, 1.82) is 0 Å². The molecule has 11 rings (SSSR count). The van der Waals surface area contributed by atoms with Crippen LogP contribution in [-0.4, -0.2) is 204 Å². The number of alkyl carbamates (subject to hydrolysis) is 1. The fourth-order valence-electron chi connectivity index (χ4n) is 11.8. The maximum absolute atomic E-state index is 13.5. The second kappa shape index (κ2) is 62.4. The molecule has 7 amide bonds. The van der Waals surface area contributed by atoms with Crippen molar-refractivity contribution >= 4 is 144 Å². The molecule has 0 fully saturated rings. The van der Waals surface area contributed by atoms with Gasteiger partial charge in [-0.15, -0.1) is 71.8 Å². The van der Waals surface area contributed by atoms with E-state index in [4.69, 9.17) is 76.0 Å². The topological polar surface area (TPSA) is 546 Å². The number of isocyanates is 1. The maximum atomic E-state index is 13.5. The molecule has 42 nitrogen and oxygen atoms in total. The second-order valence-corrected chi connectivity index (χ2v) is 29.3. The van der Waals surface area contributed by atoms with E-state index in [0.717, 1.165) is 162 Å². The van der Waals surface area contributed by atoms with Crippen molar-refractivity contribution in [3.8, 4) is 0 Å². The average Bonchev–Trinajstić information content (AvgIpc) is 1.55. The molecule has 0 bridgehead atoms. The number of fused-ring (bicyclic) bond motifs is 4. The van der Waals surface area contributed by atoms with Crippen molar-refractivity contribution in [2.24, 2.45) is 56.7 Å². The molecule has 0 spiro atoms. The van der Waals surface area contributed by atoms with Crippen molar-refractivity contribution in [1.82, 2.24) is 108 Å². The van der Waals surface area contributed by atoms with E-state index in [0.29, 0.717) is 59.5 Å². The van der Waals surface area contributed by atoms with Crippen molar-refractivity contribution in [2.75, 3.05) is 43.3 Å². The summed E-state index contributed by atoms with van der Waals surface area (Å²) in [7, 11) is 13.9. The Labute approximate surface area is 764 Å². The number of amides is 7. The Kier molecular flexibility index (Phi) is 54.7. The monoisotopic (exact) mass is 1900 g/mol. The summed E-state index contributed by atoms with van der Waals surface area (Å²) >= 11 is 20.2. The molecule has 0 radical (unpaired) electrons. The third kappa shape index (κ3) is 36.5. The van der Waals surface area contributed by atoms with E-state index in [9.17, 15) is 62.3 Å². The van der Waals surface area contributed by atoms with E-state index in [-0.39, 0.29) is 83.3 Å². The van der Waals surface area contributed by atoms with Gasteiger partial charge in [-0.1, -0.05) is 127 Å². The Hall–Kier alpha value is -11.8. The van der Waals surface area contributed by atoms with Gasteiger partial charge in [0.1, 0.15) is 44.3 Å². The zero-order chi connectivity index (χ0) is 96.0. The molecule has 3 aliphatic rings. The summed E-state index contributed by atoms with van der Waals surface area (Å²) in [6.45, 7) is 25.1. The summed E-state index contributed by atoms with van der Waals surface area (Å²) in [5.41, 5.74) is 7.42. The molecule has 48 heteroatoms. The number of primary amides is 1. The fraction of sp³-hybridized carbons (Fsp3) is 0.487. The SMILES string of the molecule is C=C(C)[C@@H]1CC=C(CO)CC1.C=C(C)[C@@H]1CC=C(COC(=O)N(C(=O)CCCCCCC/C=C\C/C=C\CCCCC)C(=O)c2ncn3c(=O)n(C)nnc23)CC1.CC(=O)[C@@H]1CC=C(COC(=O)NC(=O)c2ncn3c(=O)n(C)nnc23)CC1.ClCCCl.ClCCCl.ClCl.Cn1nnc2c(C(=O)N=C=O)ncn2c1=O.Cn1nnc2c(C(N)=O)ncn2c1=O.[C-]#[O+].[C-]#[O+]. The van der Waals surface area contributed by atoms with Gasteiger partial charge in [0.25, 0.3) is 17.7 Å². The van der Waals surface area contributed by atoms with Crippen molar-refractivity contribution in [3.05, 3.63) is 187 Å². The summed E-state index contributed by atoms with van der Waals surface area (Å²) in [5.74, 6) is -0.731. The van der Waals surface area contributed by atoms with Gasteiger partial charge < -0.3 is 20.3 Å². The van der Waals surface area contributed by atoms with E-state index in [1.807, 2.05) is 24.4 Å². The van der Waals surface area contributed by atoms with Crippen LogP contribution in [0.4, 0.5) is 9.59 Å². The Morgan fingerprint density at radius 2 is 0.938 bits per heavy atom. The van der Waals surface area contributed by atoms with Crippen LogP contribution in [-0.2, 0) is 61.4 Å². The van der Waals surface area contributed by atoms with Crippen LogP contribution in [0, 0.1) is 31.1 Å². The van der Waals surface area contributed by atoms with Crippen molar-refractivity contribution in [2.45, 2.75) is 163 Å². The van der Waals surface area contributed by atoms with Crippen LogP contribution < -0.4 is 33.8 Å². The number of carbonyl (C=O) groups is 8. The normalized spacial score (nSPS) is 14.0. The van der Waals surface area contributed by atoms with Gasteiger partial charge in [-0.25, -0.2) is 71.1 Å². The number of rotatable bonds is 28. The van der Waals surface area contributed by atoms with Gasteiger partial charge in [0, 0.05) is 85.8 Å². The van der Waals surface area contributed by atoms with E-state index in [1.165, 1.54) is 71.3 Å². The number of halogens is 6. The number of aryl methyl sites for hydroxylation is 4. The number of nitrogens with one attached hydrogen (secondary N) is 1. The number of unbranched alkanes of at least 4 members (excludes halogenated alkanes) is 8. The van der Waals surface area contributed by atoms with Crippen LogP contribution in [0.5, 0.6) is 0 Å². The number of carbonyl (C=O) groups excluding carboxylic acids is 9. The first kappa shape index (κ1) is 112. The first-order valence-corrected chi connectivity index (χ1v) is 42.8. The number of ether oxygens (including phenoxy) is 2. The van der Waals surface area contributed by atoms with Gasteiger partial charge in [-0.05, 0) is 146 Å². The summed E-state index contributed by atoms with van der Waals surface area (Å²) in [5, 5.41) is 40.0. The second-order valence-electron chi connectivity index (χ2n) is 27.8. The van der Waals surface area contributed by atoms with Crippen molar-refractivity contribution < 1.29 is 67.0 Å². The molecule has 692 valence electrons. The molecule has 8 aromatic rings. The number of hydrogen-bond acceptors (Lipinski definition) is 28. The van der Waals surface area contributed by atoms with E-state index in [1.54, 1.807) is 6.92 Å². The standard InChI is InChI=1S/C35H50N6O5.C16H18N6O5.C10H16O.C7H4N6O3.C6H6N6O2.2C2H4Cl2.2CO.Cl2/c1-5-6-7-8-9-10-11-12-13-14-15-16-17-18-19-20-30(42)41(35(45)46-25-28-21-23-29(24-22-28)27(2)3)33(43)31-32-37-38-39(4)34(44)40(32)26-36-31;1-9(23)11-5-3-10(4-6-11)7-27-15(25)18-14(24)12-13-19-20-21(2)16(26)22(13)8-17-12;1-8(2)10-5-3-9(7-11)4-6-10;1-12-7(16)13-2-8-4(5(13)10-11-12)6(15)9-3-14;1-11-6(14)12-2-8-3(4(7)13)5(12)9-10-11;2*3-1-2-4;3*1-2/h9-10,12-13,21,26,29H,2,5-8,11,14-20,22-25H2,1,3-4H3;3,8,11H,4-7H2,1-2H3,(H,18,24,25);3,10-11H,1,4-7H2,2H3;2H,1H3;2H,1H3,(H2,7,13);2*1-2H2;;;/b10-9-,13-12-;;;;;;;;;/t29-;11-;10-;;;;;;;/m111......./s1. The molecule has 0 saturated heterocycles. The quantitative estimate of drug-likeness (QED) is 0.00780. The van der Waals surface area contributed by atoms with E-state index >= 15 is 0 Å². The summed E-state index contributed by atoms with van der Waals surface area (Å²) < 4.78 is 33.7. The van der Waals surface area contributed by atoms with Crippen LogP contribution in [0.25, 0.3) is 22.6 Å². The van der Waals surface area contributed by atoms with Crippen LogP contribution >= 0.6 is 68.1 Å². The Morgan fingerprint density at radius 3 is 1.34 bits per heavy atom. The molecule has 3 aliphatic carbocycles. The number of hydrogen-bond donors (Lipinski definition) is 3. The molecule has 8 aromatic heterocycles. The number of imidazole rings is 4. The number of ketones is 1. The molecule has 8 heterocycles. The molecule has 0 aliphatic heterocycles. The molecule has 128 heavy (non-hydrogen) atoms. The van der Waals surface area contributed by atoms with E-state index in [2.05, 4.69) is 159 Å². The first-order valence-electron chi connectivity index (χ1n) is 39.5. The number of alkyl halides is 4. The number of aliphatic hydroxyl groups excluding tert-OH is 1. The number of aromatic nitrogens is 20. The molecule has 0 aromatic carbocycles. The van der Waals surface area contributed by atoms with Gasteiger partial charge >= 0.3 is 63.5 Å². The fourth-order valence-corrected chi connectivity index (χ4v) is 11.8. The predicted octanol–water partition coefficient (Wildman–Crippen LogP) is 9.78. The van der Waals surface area contributed by atoms with Gasteiger partial charge in [-0.3, -0.25) is 34.1 Å². The zero-order valence-corrected chi connectivity index (χ0v) is 76.4. The molecule has 0 saturated carbocycles. The summed E-state index contributed by atoms with van der Waals surface area (Å²) in [4.78, 5) is 173. The molecule has 4 N–H and O–H groups in total. The first-order chi connectivity index (χ1) is 61.4. The summed E-state index contributed by atoms with van der Waals surface area (Å²) in [6.07, 6.45) is 37.7. The van der Waals surface area contributed by atoms with Gasteiger partial charge in [0.2, 0.25) is 12.0 Å². The average molecular weight is 1900 g/mol. The number of aliphatic hydroxyl groups is 1. The van der Waals surface area contributed by atoms with Crippen LogP contribution in [0.15, 0.2) is 133 Å². The van der Waals surface area contributed by atoms with Crippen molar-refractivity contribution in [3.63, 3.8) is 0 Å². The molecule has 3 atom stereocenters. The molecule has 0 unspecified atom stereocenters. The molecular weight excluding hydrogens is 1800 g/mol. The Balaban J connectivity index is 0.000000568. The number of allylic oxidation sites excluding steroid dienone is 9. The number of aliphatic imine (C=N–C) groups is 1. The minimum atomic E-state index is -1.07. The third-order valence-corrected chi connectivity index (χ3v) is 19.9. The van der Waals surface area contributed by atoms with Crippen LogP contribution in [0.1, 0.15) is 204 Å². The third-order valence-electron chi connectivity index (χ3n) is 18.8. The number of nitrogens with zero attached hydrogens (tertiary/aromatic N) is 22. The number of nitrogens with two attached hydrogens (primary N) is 1. The van der Waals surface area contributed by atoms with Gasteiger partial charge in [-0.2, -0.15) is 23.6 Å². The number of Topliss-reactive ketones (excluding diaryl/α,β-unsaturated/α-hetero) is 1. The van der Waals surface area contributed by atoms with Gasteiger partial charge in [0.15, 0.2) is 45.4 Å². The van der Waals surface area contributed by atoms with Crippen LogP contribution in [0.3, 0.4) is 0 Å². The van der Waals surface area contributed by atoms with Gasteiger partial charge in [0.05, 0.1) is 6.61 Å². The Morgan fingerprint density at radius 1 is 0.562 bits per heavy atom. The van der Waals surface area contributed by atoms with E-state index < -0.39 is 64.5 Å².